The molecule has 2 aliphatic rings. The van der Waals surface area contributed by atoms with E-state index in [1.807, 2.05) is 4.90 Å². The SMILES string of the molecule is CCC(CC)N1CC(C(=O)NC2CCNCC2)CC1=O. The zero-order chi connectivity index (χ0) is 14.5. The van der Waals surface area contributed by atoms with Crippen LogP contribution in [0.5, 0.6) is 0 Å². The lowest BCUT2D eigenvalue weighted by Gasteiger charge is -2.27. The number of piperidine rings is 1. The summed E-state index contributed by atoms with van der Waals surface area (Å²) in [5.74, 6) is 0.0563. The Labute approximate surface area is 121 Å². The summed E-state index contributed by atoms with van der Waals surface area (Å²) in [5.41, 5.74) is 0. The Morgan fingerprint density at radius 2 is 2.00 bits per heavy atom. The molecular formula is C15H27N3O2. The number of hydrogen-bond acceptors (Lipinski definition) is 3. The maximum Gasteiger partial charge on any atom is 0.225 e. The highest BCUT2D eigenvalue weighted by molar-refractivity contribution is 5.89. The quantitative estimate of drug-likeness (QED) is 0.787. The van der Waals surface area contributed by atoms with E-state index >= 15 is 0 Å². The number of rotatable bonds is 5. The summed E-state index contributed by atoms with van der Waals surface area (Å²) in [7, 11) is 0. The topological polar surface area (TPSA) is 61.4 Å². The lowest BCUT2D eigenvalue weighted by molar-refractivity contribution is -0.130. The van der Waals surface area contributed by atoms with Gasteiger partial charge in [-0.05, 0) is 38.8 Å². The average molecular weight is 281 g/mol. The van der Waals surface area contributed by atoms with E-state index in [4.69, 9.17) is 0 Å². The van der Waals surface area contributed by atoms with Crippen molar-refractivity contribution in [3.8, 4) is 0 Å². The van der Waals surface area contributed by atoms with Crippen LogP contribution in [0.25, 0.3) is 0 Å². The van der Waals surface area contributed by atoms with Crippen molar-refractivity contribution in [1.29, 1.82) is 0 Å². The number of nitrogens with one attached hydrogen (secondary N) is 2. The van der Waals surface area contributed by atoms with Crippen LogP contribution in [0.1, 0.15) is 46.0 Å². The molecule has 0 aliphatic carbocycles. The van der Waals surface area contributed by atoms with Gasteiger partial charge in [0.25, 0.3) is 0 Å². The van der Waals surface area contributed by atoms with Crippen LogP contribution in [0.4, 0.5) is 0 Å². The minimum Gasteiger partial charge on any atom is -0.353 e. The molecule has 2 aliphatic heterocycles. The van der Waals surface area contributed by atoms with Crippen LogP contribution in [0.3, 0.4) is 0 Å². The van der Waals surface area contributed by atoms with Gasteiger partial charge in [0.05, 0.1) is 5.92 Å². The Kier molecular flexibility index (Phi) is 5.40. The van der Waals surface area contributed by atoms with Gasteiger partial charge in [0, 0.05) is 25.0 Å². The van der Waals surface area contributed by atoms with Gasteiger partial charge >= 0.3 is 0 Å². The first kappa shape index (κ1) is 15.3. The molecule has 2 rings (SSSR count). The fourth-order valence-corrected chi connectivity index (χ4v) is 3.27. The van der Waals surface area contributed by atoms with Gasteiger partial charge in [-0.15, -0.1) is 0 Å². The van der Waals surface area contributed by atoms with Gasteiger partial charge in [0.15, 0.2) is 0 Å². The molecule has 0 radical (unpaired) electrons. The molecule has 0 aromatic carbocycles. The third-order valence-electron chi connectivity index (χ3n) is 4.60. The Morgan fingerprint density at radius 1 is 1.35 bits per heavy atom. The van der Waals surface area contributed by atoms with E-state index in [-0.39, 0.29) is 23.8 Å². The predicted octanol–water partition coefficient (Wildman–Crippen LogP) is 0.892. The fraction of sp³-hybridized carbons (Fsp3) is 0.867. The van der Waals surface area contributed by atoms with Crippen LogP contribution >= 0.6 is 0 Å². The first-order valence-corrected chi connectivity index (χ1v) is 7.96. The Hall–Kier alpha value is -1.10. The molecule has 2 heterocycles. The molecule has 5 nitrogen and oxygen atoms in total. The molecule has 0 saturated carbocycles. The van der Waals surface area contributed by atoms with E-state index in [9.17, 15) is 9.59 Å². The van der Waals surface area contributed by atoms with E-state index in [1.54, 1.807) is 0 Å². The monoisotopic (exact) mass is 281 g/mol. The molecule has 0 bridgehead atoms. The summed E-state index contributed by atoms with van der Waals surface area (Å²) in [6.45, 7) is 6.73. The van der Waals surface area contributed by atoms with Crippen molar-refractivity contribution in [3.63, 3.8) is 0 Å². The maximum atomic E-state index is 12.3. The number of carbonyl (C=O) groups excluding carboxylic acids is 2. The van der Waals surface area contributed by atoms with Crippen molar-refractivity contribution in [2.45, 2.75) is 58.0 Å². The summed E-state index contributed by atoms with van der Waals surface area (Å²) >= 11 is 0. The highest BCUT2D eigenvalue weighted by Crippen LogP contribution is 2.23. The Balaban J connectivity index is 1.87. The summed E-state index contributed by atoms with van der Waals surface area (Å²) in [6.07, 6.45) is 4.29. The molecule has 2 N–H and O–H groups in total. The van der Waals surface area contributed by atoms with Crippen molar-refractivity contribution >= 4 is 11.8 Å². The third-order valence-corrected chi connectivity index (χ3v) is 4.60. The molecule has 0 aromatic heterocycles. The normalized spacial score (nSPS) is 24.4. The highest BCUT2D eigenvalue weighted by Gasteiger charge is 2.37. The number of hydrogen-bond donors (Lipinski definition) is 2. The molecule has 114 valence electrons. The maximum absolute atomic E-state index is 12.3. The molecule has 2 saturated heterocycles. The van der Waals surface area contributed by atoms with Crippen molar-refractivity contribution in [2.75, 3.05) is 19.6 Å². The second-order valence-corrected chi connectivity index (χ2v) is 5.95. The van der Waals surface area contributed by atoms with Crippen LogP contribution in [0.15, 0.2) is 0 Å². The van der Waals surface area contributed by atoms with Crippen LogP contribution < -0.4 is 10.6 Å². The van der Waals surface area contributed by atoms with Crippen LogP contribution in [0, 0.1) is 5.92 Å². The molecule has 1 unspecified atom stereocenters. The molecule has 0 spiro atoms. The Morgan fingerprint density at radius 3 is 2.60 bits per heavy atom. The molecule has 2 fully saturated rings. The molecule has 2 amide bonds. The average Bonchev–Trinajstić information content (AvgIpc) is 2.84. The second kappa shape index (κ2) is 7.07. The fourth-order valence-electron chi connectivity index (χ4n) is 3.27. The minimum atomic E-state index is -0.155. The smallest absolute Gasteiger partial charge is 0.225 e. The summed E-state index contributed by atoms with van der Waals surface area (Å²) in [6, 6.07) is 0.570. The van der Waals surface area contributed by atoms with Gasteiger partial charge in [-0.1, -0.05) is 13.8 Å². The van der Waals surface area contributed by atoms with Gasteiger partial charge in [-0.3, -0.25) is 9.59 Å². The zero-order valence-corrected chi connectivity index (χ0v) is 12.7. The molecule has 20 heavy (non-hydrogen) atoms. The van der Waals surface area contributed by atoms with E-state index in [0.29, 0.717) is 19.0 Å². The Bertz CT molecular complexity index is 349. The second-order valence-electron chi connectivity index (χ2n) is 5.95. The number of amides is 2. The largest absolute Gasteiger partial charge is 0.353 e. The van der Waals surface area contributed by atoms with E-state index < -0.39 is 0 Å². The lowest BCUT2D eigenvalue weighted by Crippen LogP contribution is -2.45. The highest BCUT2D eigenvalue weighted by atomic mass is 16.2. The van der Waals surface area contributed by atoms with Crippen LogP contribution in [-0.4, -0.2) is 48.4 Å². The summed E-state index contributed by atoms with van der Waals surface area (Å²) < 4.78 is 0. The molecular weight excluding hydrogens is 254 g/mol. The summed E-state index contributed by atoms with van der Waals surface area (Å²) in [5, 5.41) is 6.41. The zero-order valence-electron chi connectivity index (χ0n) is 12.7. The molecule has 1 atom stereocenters. The predicted molar refractivity (Wildman–Crippen MR) is 78.2 cm³/mol. The number of carbonyl (C=O) groups is 2. The third kappa shape index (κ3) is 3.51. The standard InChI is InChI=1S/C15H27N3O2/c1-3-13(4-2)18-10-11(9-14(18)19)15(20)17-12-5-7-16-8-6-12/h11-13,16H,3-10H2,1-2H3,(H,17,20). The number of nitrogens with zero attached hydrogens (tertiary/aromatic N) is 1. The first-order chi connectivity index (χ1) is 9.65. The van der Waals surface area contributed by atoms with Crippen molar-refractivity contribution < 1.29 is 9.59 Å². The van der Waals surface area contributed by atoms with Crippen molar-refractivity contribution in [3.05, 3.63) is 0 Å². The van der Waals surface area contributed by atoms with Crippen molar-refractivity contribution in [1.82, 2.24) is 15.5 Å². The minimum absolute atomic E-state index is 0.0682. The van der Waals surface area contributed by atoms with Crippen LogP contribution in [0.2, 0.25) is 0 Å². The van der Waals surface area contributed by atoms with Gasteiger partial charge in [-0.25, -0.2) is 0 Å². The van der Waals surface area contributed by atoms with E-state index in [0.717, 1.165) is 38.8 Å². The summed E-state index contributed by atoms with van der Waals surface area (Å²) in [4.78, 5) is 26.3. The van der Waals surface area contributed by atoms with Gasteiger partial charge in [-0.2, -0.15) is 0 Å². The van der Waals surface area contributed by atoms with Gasteiger partial charge < -0.3 is 15.5 Å². The van der Waals surface area contributed by atoms with E-state index in [2.05, 4.69) is 24.5 Å². The first-order valence-electron chi connectivity index (χ1n) is 7.96. The molecule has 0 aromatic rings. The van der Waals surface area contributed by atoms with Gasteiger partial charge in [0.2, 0.25) is 11.8 Å². The van der Waals surface area contributed by atoms with Gasteiger partial charge in [0.1, 0.15) is 0 Å². The van der Waals surface area contributed by atoms with Crippen LogP contribution in [-0.2, 0) is 9.59 Å². The number of likely N-dealkylation sites (tertiary alicyclic amines) is 1. The van der Waals surface area contributed by atoms with E-state index in [1.165, 1.54) is 0 Å². The lowest BCUT2D eigenvalue weighted by atomic mass is 10.0. The van der Waals surface area contributed by atoms with Crippen molar-refractivity contribution in [2.24, 2.45) is 5.92 Å². The molecule has 5 heteroatoms.